The zero-order valence-corrected chi connectivity index (χ0v) is 20.5. The van der Waals surface area contributed by atoms with Crippen molar-refractivity contribution in [2.45, 2.75) is 66.0 Å². The van der Waals surface area contributed by atoms with Crippen LogP contribution in [0.1, 0.15) is 68.1 Å². The Hall–Kier alpha value is -2.51. The van der Waals surface area contributed by atoms with Gasteiger partial charge >= 0.3 is 0 Å². The number of aliphatic hydroxyl groups excluding tert-OH is 1. The van der Waals surface area contributed by atoms with E-state index in [0.717, 1.165) is 68.6 Å². The maximum atomic E-state index is 12.9. The third-order valence-corrected chi connectivity index (χ3v) is 6.07. The molecule has 2 N–H and O–H groups in total. The maximum Gasteiger partial charge on any atom is 0.274 e. The van der Waals surface area contributed by atoms with Gasteiger partial charge in [0.25, 0.3) is 5.91 Å². The van der Waals surface area contributed by atoms with Crippen LogP contribution in [0.2, 0.25) is 0 Å². The number of rotatable bonds is 9. The molecule has 7 heteroatoms. The van der Waals surface area contributed by atoms with Crippen molar-refractivity contribution in [2.75, 3.05) is 36.4 Å². The van der Waals surface area contributed by atoms with E-state index in [9.17, 15) is 9.90 Å². The van der Waals surface area contributed by atoms with Gasteiger partial charge in [-0.15, -0.1) is 0 Å². The quantitative estimate of drug-likeness (QED) is 0.591. The van der Waals surface area contributed by atoms with Crippen LogP contribution in [-0.2, 0) is 6.54 Å². The van der Waals surface area contributed by atoms with E-state index in [1.165, 1.54) is 24.7 Å². The number of likely N-dealkylation sites (tertiary alicyclic amines) is 1. The molecule has 2 aromatic rings. The minimum atomic E-state index is -0.218. The van der Waals surface area contributed by atoms with Crippen LogP contribution in [0.5, 0.6) is 0 Å². The van der Waals surface area contributed by atoms with Gasteiger partial charge in [0, 0.05) is 44.5 Å². The average Bonchev–Trinajstić information content (AvgIpc) is 3.55. The Kier molecular flexibility index (Phi) is 9.21. The smallest absolute Gasteiger partial charge is 0.274 e. The number of hydrogen-bond donors (Lipinski definition) is 2. The summed E-state index contributed by atoms with van der Waals surface area (Å²) in [6, 6.07) is 7.89. The second kappa shape index (κ2) is 12.1. The van der Waals surface area contributed by atoms with Gasteiger partial charge in [-0.3, -0.25) is 9.69 Å². The summed E-state index contributed by atoms with van der Waals surface area (Å²) in [5.74, 6) is 1.36. The van der Waals surface area contributed by atoms with Crippen molar-refractivity contribution in [2.24, 2.45) is 5.92 Å². The molecule has 1 aromatic carbocycles. The minimum absolute atomic E-state index is 0.213. The topological polar surface area (TPSA) is 81.6 Å². The summed E-state index contributed by atoms with van der Waals surface area (Å²) in [4.78, 5) is 26.0. The normalized spacial score (nSPS) is 17.9. The number of aliphatic hydroxyl groups is 1. The van der Waals surface area contributed by atoms with Gasteiger partial charge in [0.05, 0.1) is 6.10 Å². The van der Waals surface area contributed by atoms with E-state index < -0.39 is 0 Å². The Morgan fingerprint density at radius 1 is 1.21 bits per heavy atom. The number of hydrogen-bond acceptors (Lipinski definition) is 6. The summed E-state index contributed by atoms with van der Waals surface area (Å²) >= 11 is 0. The van der Waals surface area contributed by atoms with Crippen LogP contribution in [0.25, 0.3) is 0 Å². The first-order valence-electron chi connectivity index (χ1n) is 12.4. The van der Waals surface area contributed by atoms with Crippen molar-refractivity contribution in [3.05, 3.63) is 47.4 Å². The number of aryl methyl sites for hydroxylation is 1. The molecule has 7 nitrogen and oxygen atoms in total. The van der Waals surface area contributed by atoms with Gasteiger partial charge in [0.1, 0.15) is 17.8 Å². The molecule has 4 rings (SSSR count). The highest BCUT2D eigenvalue weighted by atomic mass is 16.3. The van der Waals surface area contributed by atoms with E-state index >= 15 is 0 Å². The van der Waals surface area contributed by atoms with Crippen molar-refractivity contribution in [3.8, 4) is 0 Å². The minimum Gasteiger partial charge on any atom is -0.392 e. The lowest BCUT2D eigenvalue weighted by molar-refractivity contribution is 0.102. The standard InChI is InChI=1S/C24H33N5O2.C2H6/c1-3-9-29(14-18-4-5-18)23-12-22(25-16-26-23)24(31)27-21-7-6-19(11-17(21)2)13-28-10-8-20(30)15-28;1-2/h6-7,11-12,16,18,20,30H,3-5,8-10,13-15H2,1-2H3,(H,27,31);1-2H3. The fourth-order valence-corrected chi connectivity index (χ4v) is 4.19. The summed E-state index contributed by atoms with van der Waals surface area (Å²) in [7, 11) is 0. The molecule has 180 valence electrons. The first-order chi connectivity index (χ1) is 16.0. The van der Waals surface area contributed by atoms with Crippen LogP contribution in [0.3, 0.4) is 0 Å². The van der Waals surface area contributed by atoms with Gasteiger partial charge in [-0.25, -0.2) is 9.97 Å². The fraction of sp³-hybridized carbons (Fsp3) is 0.577. The number of anilines is 2. The Morgan fingerprint density at radius 3 is 2.64 bits per heavy atom. The molecule has 0 radical (unpaired) electrons. The second-order valence-corrected chi connectivity index (χ2v) is 8.93. The molecule has 33 heavy (non-hydrogen) atoms. The van der Waals surface area contributed by atoms with Gasteiger partial charge in [-0.2, -0.15) is 0 Å². The van der Waals surface area contributed by atoms with Crippen LogP contribution in [-0.4, -0.2) is 58.2 Å². The zero-order valence-electron chi connectivity index (χ0n) is 20.5. The number of benzene rings is 1. The molecule has 2 fully saturated rings. The van der Waals surface area contributed by atoms with Crippen molar-refractivity contribution in [1.82, 2.24) is 14.9 Å². The number of carbonyl (C=O) groups excluding carboxylic acids is 1. The fourth-order valence-electron chi connectivity index (χ4n) is 4.19. The molecule has 1 aromatic heterocycles. The van der Waals surface area contributed by atoms with E-state index in [1.807, 2.05) is 32.9 Å². The third-order valence-electron chi connectivity index (χ3n) is 6.07. The van der Waals surface area contributed by atoms with Crippen molar-refractivity contribution in [3.63, 3.8) is 0 Å². The predicted octanol–water partition coefficient (Wildman–Crippen LogP) is 4.26. The summed E-state index contributed by atoms with van der Waals surface area (Å²) in [5, 5.41) is 12.7. The molecule has 1 saturated carbocycles. The lowest BCUT2D eigenvalue weighted by atomic mass is 10.1. The number of nitrogens with zero attached hydrogens (tertiary/aromatic N) is 4. The Balaban J connectivity index is 0.00000149. The van der Waals surface area contributed by atoms with Crippen LogP contribution in [0, 0.1) is 12.8 Å². The molecule has 2 heterocycles. The first-order valence-corrected chi connectivity index (χ1v) is 12.4. The molecular formula is C26H39N5O2. The summed E-state index contributed by atoms with van der Waals surface area (Å²) in [6.45, 7) is 12.6. The van der Waals surface area contributed by atoms with Crippen LogP contribution in [0.4, 0.5) is 11.5 Å². The summed E-state index contributed by atoms with van der Waals surface area (Å²) in [6.07, 6.45) is 5.72. The van der Waals surface area contributed by atoms with Gasteiger partial charge in [0.2, 0.25) is 0 Å². The molecule has 0 spiro atoms. The molecule has 1 amide bonds. The van der Waals surface area contributed by atoms with E-state index in [0.29, 0.717) is 5.69 Å². The molecule has 1 aliphatic heterocycles. The van der Waals surface area contributed by atoms with E-state index in [4.69, 9.17) is 0 Å². The van der Waals surface area contributed by atoms with Crippen molar-refractivity contribution < 1.29 is 9.90 Å². The zero-order chi connectivity index (χ0) is 23.8. The van der Waals surface area contributed by atoms with Gasteiger partial charge in [-0.1, -0.05) is 32.9 Å². The average molecular weight is 454 g/mol. The summed E-state index contributed by atoms with van der Waals surface area (Å²) in [5.41, 5.74) is 3.38. The molecule has 2 aliphatic rings. The number of amides is 1. The van der Waals surface area contributed by atoms with Gasteiger partial charge < -0.3 is 15.3 Å². The first kappa shape index (κ1) is 25.1. The molecular weight excluding hydrogens is 414 g/mol. The number of nitrogens with one attached hydrogen (secondary N) is 1. The van der Waals surface area contributed by atoms with E-state index in [2.05, 4.69) is 38.1 Å². The van der Waals surface area contributed by atoms with Gasteiger partial charge in [0.15, 0.2) is 0 Å². The lowest BCUT2D eigenvalue weighted by Crippen LogP contribution is -2.28. The largest absolute Gasteiger partial charge is 0.392 e. The van der Waals surface area contributed by atoms with Crippen LogP contribution >= 0.6 is 0 Å². The maximum absolute atomic E-state index is 12.9. The second-order valence-electron chi connectivity index (χ2n) is 8.93. The Labute approximate surface area is 198 Å². The number of carbonyl (C=O) groups is 1. The number of aromatic nitrogens is 2. The van der Waals surface area contributed by atoms with Crippen LogP contribution in [0.15, 0.2) is 30.6 Å². The van der Waals surface area contributed by atoms with Crippen LogP contribution < -0.4 is 10.2 Å². The van der Waals surface area contributed by atoms with Crippen molar-refractivity contribution in [1.29, 1.82) is 0 Å². The monoisotopic (exact) mass is 453 g/mol. The lowest BCUT2D eigenvalue weighted by Gasteiger charge is -2.23. The highest BCUT2D eigenvalue weighted by molar-refractivity contribution is 6.03. The van der Waals surface area contributed by atoms with E-state index in [1.54, 1.807) is 6.07 Å². The Morgan fingerprint density at radius 2 is 2.00 bits per heavy atom. The Bertz CT molecular complexity index is 915. The molecule has 1 aliphatic carbocycles. The SMILES string of the molecule is CC.CCCN(CC1CC1)c1cc(C(=O)Nc2ccc(CN3CCC(O)C3)cc2C)ncn1. The number of β-amino-alcohol motifs (C(OH)–C–C–N with tert-alkyl or cyclic N) is 1. The van der Waals surface area contributed by atoms with Crippen molar-refractivity contribution >= 4 is 17.4 Å². The van der Waals surface area contributed by atoms with E-state index in [-0.39, 0.29) is 12.0 Å². The summed E-state index contributed by atoms with van der Waals surface area (Å²) < 4.78 is 0. The molecule has 1 atom stereocenters. The molecule has 1 unspecified atom stereocenters. The third kappa shape index (κ3) is 7.24. The molecule has 0 bridgehead atoms. The highest BCUT2D eigenvalue weighted by Gasteiger charge is 2.25. The molecule has 1 saturated heterocycles. The highest BCUT2D eigenvalue weighted by Crippen LogP contribution is 2.31. The predicted molar refractivity (Wildman–Crippen MR) is 134 cm³/mol. The van der Waals surface area contributed by atoms with Gasteiger partial charge in [-0.05, 0) is 55.7 Å².